The number of anilines is 1. The van der Waals surface area contributed by atoms with Crippen molar-refractivity contribution in [2.24, 2.45) is 0 Å². The number of hydrogen-bond acceptors (Lipinski definition) is 4. The lowest BCUT2D eigenvalue weighted by Gasteiger charge is -2.26. The van der Waals surface area contributed by atoms with Gasteiger partial charge in [-0.15, -0.1) is 0 Å². The van der Waals surface area contributed by atoms with E-state index in [2.05, 4.69) is 0 Å². The molecule has 1 saturated heterocycles. The summed E-state index contributed by atoms with van der Waals surface area (Å²) in [7, 11) is 1.64. The van der Waals surface area contributed by atoms with Crippen LogP contribution in [0, 0.1) is 0 Å². The number of nitrogen functional groups attached to an aromatic ring is 1. The molecule has 1 aliphatic heterocycles. The summed E-state index contributed by atoms with van der Waals surface area (Å²) < 4.78 is 11.0. The van der Waals surface area contributed by atoms with Gasteiger partial charge in [-0.25, -0.2) is 0 Å². The van der Waals surface area contributed by atoms with Crippen LogP contribution in [0.3, 0.4) is 0 Å². The van der Waals surface area contributed by atoms with Gasteiger partial charge in [-0.3, -0.25) is 4.79 Å². The number of methoxy groups -OCH3 is 1. The number of carbonyl (C=O) groups is 1. The van der Waals surface area contributed by atoms with E-state index in [4.69, 9.17) is 15.2 Å². The molecule has 0 aliphatic carbocycles. The molecule has 132 valence electrons. The quantitative estimate of drug-likeness (QED) is 0.821. The molecule has 2 aromatic rings. The Balaban J connectivity index is 1.81. The van der Waals surface area contributed by atoms with Gasteiger partial charge in [0.25, 0.3) is 5.91 Å². The van der Waals surface area contributed by atoms with Gasteiger partial charge in [0.1, 0.15) is 5.75 Å². The summed E-state index contributed by atoms with van der Waals surface area (Å²) in [5.41, 5.74) is 8.05. The van der Waals surface area contributed by atoms with Gasteiger partial charge in [0, 0.05) is 30.9 Å². The molecule has 0 aromatic heterocycles. The molecule has 2 N–H and O–H groups in total. The zero-order chi connectivity index (χ0) is 17.6. The molecule has 2 aromatic carbocycles. The predicted octanol–water partition coefficient (Wildman–Crippen LogP) is 3.10. The lowest BCUT2D eigenvalue weighted by molar-refractivity contribution is 0.0507. The van der Waals surface area contributed by atoms with Crippen molar-refractivity contribution in [3.63, 3.8) is 0 Å². The highest BCUT2D eigenvalue weighted by molar-refractivity contribution is 5.95. The molecule has 1 heterocycles. The van der Waals surface area contributed by atoms with E-state index in [0.717, 1.165) is 30.8 Å². The van der Waals surface area contributed by atoms with Crippen molar-refractivity contribution in [3.05, 3.63) is 59.7 Å². The SMILES string of the molecule is COc1cccc(CN(CC2CCCO2)C(=O)c2cccc(N)c2)c1. The topological polar surface area (TPSA) is 64.8 Å². The van der Waals surface area contributed by atoms with E-state index in [9.17, 15) is 4.79 Å². The molecule has 25 heavy (non-hydrogen) atoms. The first kappa shape index (κ1) is 17.3. The summed E-state index contributed by atoms with van der Waals surface area (Å²) >= 11 is 0. The van der Waals surface area contributed by atoms with Gasteiger partial charge in [-0.2, -0.15) is 0 Å². The number of nitrogens with zero attached hydrogens (tertiary/aromatic N) is 1. The number of benzene rings is 2. The Morgan fingerprint density at radius 2 is 2.12 bits per heavy atom. The second-order valence-electron chi connectivity index (χ2n) is 6.30. The maximum Gasteiger partial charge on any atom is 0.254 e. The minimum atomic E-state index is -0.0365. The Morgan fingerprint density at radius 3 is 2.84 bits per heavy atom. The number of hydrogen-bond donors (Lipinski definition) is 1. The van der Waals surface area contributed by atoms with E-state index in [1.54, 1.807) is 31.4 Å². The molecule has 1 aliphatic rings. The van der Waals surface area contributed by atoms with Gasteiger partial charge in [0.05, 0.1) is 13.2 Å². The van der Waals surface area contributed by atoms with Crippen molar-refractivity contribution in [2.75, 3.05) is 26.0 Å². The number of nitrogens with two attached hydrogens (primary N) is 1. The largest absolute Gasteiger partial charge is 0.497 e. The molecule has 0 radical (unpaired) electrons. The van der Waals surface area contributed by atoms with E-state index in [1.807, 2.05) is 29.2 Å². The third-order valence-corrected chi connectivity index (χ3v) is 4.38. The van der Waals surface area contributed by atoms with Crippen LogP contribution in [0.5, 0.6) is 5.75 Å². The Bertz CT molecular complexity index is 726. The molecule has 1 unspecified atom stereocenters. The van der Waals surface area contributed by atoms with Gasteiger partial charge in [0.2, 0.25) is 0 Å². The van der Waals surface area contributed by atoms with Gasteiger partial charge in [-0.05, 0) is 48.7 Å². The molecule has 0 bridgehead atoms. The van der Waals surface area contributed by atoms with Crippen LogP contribution in [-0.4, -0.2) is 37.2 Å². The normalized spacial score (nSPS) is 16.6. The molecule has 0 spiro atoms. The van der Waals surface area contributed by atoms with Crippen molar-refractivity contribution >= 4 is 11.6 Å². The van der Waals surface area contributed by atoms with Crippen LogP contribution < -0.4 is 10.5 Å². The number of ether oxygens (including phenoxy) is 2. The molecule has 1 amide bonds. The molecule has 5 nitrogen and oxygen atoms in total. The second kappa shape index (κ2) is 8.03. The molecule has 5 heteroatoms. The van der Waals surface area contributed by atoms with Crippen LogP contribution in [0.4, 0.5) is 5.69 Å². The fraction of sp³-hybridized carbons (Fsp3) is 0.350. The van der Waals surface area contributed by atoms with Gasteiger partial charge >= 0.3 is 0 Å². The smallest absolute Gasteiger partial charge is 0.254 e. The summed E-state index contributed by atoms with van der Waals surface area (Å²) in [5.74, 6) is 0.747. The highest BCUT2D eigenvalue weighted by Crippen LogP contribution is 2.20. The highest BCUT2D eigenvalue weighted by Gasteiger charge is 2.24. The molecule has 1 atom stereocenters. The highest BCUT2D eigenvalue weighted by atomic mass is 16.5. The van der Waals surface area contributed by atoms with Crippen LogP contribution in [0.2, 0.25) is 0 Å². The van der Waals surface area contributed by atoms with E-state index in [-0.39, 0.29) is 12.0 Å². The molecule has 1 fully saturated rings. The zero-order valence-electron chi connectivity index (χ0n) is 14.5. The van der Waals surface area contributed by atoms with Crippen molar-refractivity contribution in [2.45, 2.75) is 25.5 Å². The third kappa shape index (κ3) is 4.51. The summed E-state index contributed by atoms with van der Waals surface area (Å²) in [6.45, 7) is 1.85. The lowest BCUT2D eigenvalue weighted by Crippen LogP contribution is -2.37. The summed E-state index contributed by atoms with van der Waals surface area (Å²) in [5, 5.41) is 0. The van der Waals surface area contributed by atoms with Gasteiger partial charge < -0.3 is 20.1 Å². The lowest BCUT2D eigenvalue weighted by atomic mass is 10.1. The van der Waals surface area contributed by atoms with Gasteiger partial charge in [-0.1, -0.05) is 18.2 Å². The first-order chi connectivity index (χ1) is 12.2. The van der Waals surface area contributed by atoms with Crippen LogP contribution in [-0.2, 0) is 11.3 Å². The minimum Gasteiger partial charge on any atom is -0.497 e. The van der Waals surface area contributed by atoms with Crippen LogP contribution in [0.15, 0.2) is 48.5 Å². The first-order valence-electron chi connectivity index (χ1n) is 8.55. The average molecular weight is 340 g/mol. The monoisotopic (exact) mass is 340 g/mol. The second-order valence-corrected chi connectivity index (χ2v) is 6.30. The third-order valence-electron chi connectivity index (χ3n) is 4.38. The zero-order valence-corrected chi connectivity index (χ0v) is 14.5. The summed E-state index contributed by atoms with van der Waals surface area (Å²) in [6, 6.07) is 14.9. The maximum atomic E-state index is 13.0. The number of amides is 1. The van der Waals surface area contributed by atoms with E-state index < -0.39 is 0 Å². The van der Waals surface area contributed by atoms with Crippen molar-refractivity contribution in [1.29, 1.82) is 0 Å². The van der Waals surface area contributed by atoms with Crippen molar-refractivity contribution < 1.29 is 14.3 Å². The van der Waals surface area contributed by atoms with Crippen LogP contribution in [0.1, 0.15) is 28.8 Å². The Labute approximate surface area is 148 Å². The summed E-state index contributed by atoms with van der Waals surface area (Å²) in [4.78, 5) is 14.9. The fourth-order valence-corrected chi connectivity index (χ4v) is 3.10. The Kier molecular flexibility index (Phi) is 5.56. The molecule has 0 saturated carbocycles. The van der Waals surface area contributed by atoms with E-state index in [0.29, 0.717) is 24.3 Å². The molecule has 3 rings (SSSR count). The van der Waals surface area contributed by atoms with Crippen molar-refractivity contribution in [3.8, 4) is 5.75 Å². The van der Waals surface area contributed by atoms with Gasteiger partial charge in [0.15, 0.2) is 0 Å². The van der Waals surface area contributed by atoms with Crippen molar-refractivity contribution in [1.82, 2.24) is 4.90 Å². The standard InChI is InChI=1S/C20H24N2O3/c1-24-18-8-2-5-15(11-18)13-22(14-19-9-4-10-25-19)20(23)16-6-3-7-17(21)12-16/h2-3,5-8,11-12,19H,4,9-10,13-14,21H2,1H3. The minimum absolute atomic E-state index is 0.0365. The Morgan fingerprint density at radius 1 is 1.28 bits per heavy atom. The average Bonchev–Trinajstić information content (AvgIpc) is 3.14. The number of rotatable bonds is 6. The summed E-state index contributed by atoms with van der Waals surface area (Å²) in [6.07, 6.45) is 2.12. The van der Waals surface area contributed by atoms with Crippen LogP contribution >= 0.6 is 0 Å². The van der Waals surface area contributed by atoms with E-state index >= 15 is 0 Å². The number of carbonyl (C=O) groups excluding carboxylic acids is 1. The molecular formula is C20H24N2O3. The van der Waals surface area contributed by atoms with E-state index in [1.165, 1.54) is 0 Å². The van der Waals surface area contributed by atoms with Crippen LogP contribution in [0.25, 0.3) is 0 Å². The fourth-order valence-electron chi connectivity index (χ4n) is 3.10. The predicted molar refractivity (Wildman–Crippen MR) is 97.6 cm³/mol. The first-order valence-corrected chi connectivity index (χ1v) is 8.55. The maximum absolute atomic E-state index is 13.0. The Hall–Kier alpha value is -2.53. The molecular weight excluding hydrogens is 316 g/mol.